The van der Waals surface area contributed by atoms with Crippen LogP contribution in [0.5, 0.6) is 0 Å². The van der Waals surface area contributed by atoms with Gasteiger partial charge in [0.1, 0.15) is 5.69 Å². The Labute approximate surface area is 102 Å². The number of aromatic nitrogens is 3. The van der Waals surface area contributed by atoms with Crippen LogP contribution in [0.4, 0.5) is 0 Å². The summed E-state index contributed by atoms with van der Waals surface area (Å²) in [5.41, 5.74) is 2.37. The predicted molar refractivity (Wildman–Crippen MR) is 62.5 cm³/mol. The molecular formula is C13H7N3O2. The number of hydrogen-bond donors (Lipinski definition) is 0. The van der Waals surface area contributed by atoms with Gasteiger partial charge in [-0.3, -0.25) is 4.79 Å². The van der Waals surface area contributed by atoms with Crippen LogP contribution in [0.15, 0.2) is 47.1 Å². The minimum atomic E-state index is -0.0676. The number of hydrogen-bond acceptors (Lipinski definition) is 4. The number of fused-ring (bicyclic) bond motifs is 3. The number of rotatable bonds is 1. The summed E-state index contributed by atoms with van der Waals surface area (Å²) < 4.78 is 6.85. The van der Waals surface area contributed by atoms with Crippen molar-refractivity contribution in [1.82, 2.24) is 15.0 Å². The van der Waals surface area contributed by atoms with Crippen LogP contribution in [0.3, 0.4) is 0 Å². The van der Waals surface area contributed by atoms with E-state index in [1.165, 1.54) is 0 Å². The Balaban J connectivity index is 2.01. The van der Waals surface area contributed by atoms with Crippen molar-refractivity contribution in [2.24, 2.45) is 0 Å². The summed E-state index contributed by atoms with van der Waals surface area (Å²) in [6.45, 7) is 0. The number of furan rings is 1. The molecule has 3 aromatic rings. The fraction of sp³-hybridized carbons (Fsp3) is 0. The zero-order valence-electron chi connectivity index (χ0n) is 9.20. The lowest BCUT2D eigenvalue weighted by Gasteiger charge is -1.95. The normalized spacial score (nSPS) is 12.6. The third-order valence-corrected chi connectivity index (χ3v) is 3.02. The van der Waals surface area contributed by atoms with Crippen LogP contribution in [0, 0.1) is 0 Å². The highest BCUT2D eigenvalue weighted by molar-refractivity contribution is 6.16. The smallest absolute Gasteiger partial charge is 0.216 e. The highest BCUT2D eigenvalue weighted by Gasteiger charge is 2.32. The molecule has 0 fully saturated rings. The van der Waals surface area contributed by atoms with E-state index in [1.54, 1.807) is 29.1 Å². The molecule has 3 heterocycles. The lowest BCUT2D eigenvalue weighted by atomic mass is 10.1. The fourth-order valence-corrected chi connectivity index (χ4v) is 2.21. The Morgan fingerprint density at radius 3 is 2.83 bits per heavy atom. The quantitative estimate of drug-likeness (QED) is 0.508. The van der Waals surface area contributed by atoms with Crippen molar-refractivity contribution in [2.75, 3.05) is 0 Å². The first-order valence-corrected chi connectivity index (χ1v) is 5.50. The van der Waals surface area contributed by atoms with Gasteiger partial charge in [0.15, 0.2) is 11.5 Å². The van der Waals surface area contributed by atoms with E-state index in [-0.39, 0.29) is 5.78 Å². The minimum Gasteiger partial charge on any atom is -0.463 e. The van der Waals surface area contributed by atoms with Gasteiger partial charge in [-0.25, -0.2) is 4.68 Å². The van der Waals surface area contributed by atoms with Crippen LogP contribution in [0.1, 0.15) is 16.1 Å². The van der Waals surface area contributed by atoms with Crippen LogP contribution in [-0.4, -0.2) is 20.8 Å². The van der Waals surface area contributed by atoms with Crippen LogP contribution in [0.25, 0.3) is 17.1 Å². The number of carbonyl (C=O) groups is 1. The van der Waals surface area contributed by atoms with Crippen LogP contribution >= 0.6 is 0 Å². The van der Waals surface area contributed by atoms with Crippen molar-refractivity contribution >= 4 is 5.78 Å². The van der Waals surface area contributed by atoms with E-state index in [2.05, 4.69) is 10.3 Å². The van der Waals surface area contributed by atoms with Crippen molar-refractivity contribution in [3.63, 3.8) is 0 Å². The van der Waals surface area contributed by atoms with Crippen LogP contribution in [-0.2, 0) is 0 Å². The summed E-state index contributed by atoms with van der Waals surface area (Å²) in [4.78, 5) is 12.3. The number of para-hydroxylation sites is 1. The number of benzene rings is 1. The highest BCUT2D eigenvalue weighted by atomic mass is 16.3. The molecule has 0 saturated heterocycles. The average Bonchev–Trinajstić information content (AvgIpc) is 3.09. The maximum Gasteiger partial charge on any atom is 0.216 e. The van der Waals surface area contributed by atoms with E-state index in [4.69, 9.17) is 4.42 Å². The van der Waals surface area contributed by atoms with Crippen molar-refractivity contribution < 1.29 is 9.21 Å². The van der Waals surface area contributed by atoms with Crippen molar-refractivity contribution in [3.8, 4) is 17.1 Å². The summed E-state index contributed by atoms with van der Waals surface area (Å²) in [5, 5.41) is 8.06. The molecule has 2 aromatic heterocycles. The Bertz CT molecular complexity index is 756. The summed E-state index contributed by atoms with van der Waals surface area (Å²) >= 11 is 0. The molecule has 1 aliphatic heterocycles. The molecule has 0 radical (unpaired) electrons. The van der Waals surface area contributed by atoms with E-state index in [0.29, 0.717) is 22.7 Å². The van der Waals surface area contributed by atoms with Gasteiger partial charge in [-0.15, -0.1) is 5.10 Å². The molecule has 0 unspecified atom stereocenters. The van der Waals surface area contributed by atoms with E-state index < -0.39 is 0 Å². The molecule has 1 aromatic carbocycles. The largest absolute Gasteiger partial charge is 0.463 e. The maximum absolute atomic E-state index is 12.3. The van der Waals surface area contributed by atoms with Gasteiger partial charge in [0, 0.05) is 0 Å². The second-order valence-electron chi connectivity index (χ2n) is 4.02. The van der Waals surface area contributed by atoms with Crippen molar-refractivity contribution in [2.45, 2.75) is 0 Å². The van der Waals surface area contributed by atoms with Gasteiger partial charge in [0.25, 0.3) is 0 Å². The van der Waals surface area contributed by atoms with Gasteiger partial charge < -0.3 is 4.42 Å². The third kappa shape index (κ3) is 1.03. The standard InChI is InChI=1S/C13H7N3O2/c17-13-8-4-1-2-5-9(8)16-12(13)11(14-15-16)10-6-3-7-18-10/h1-7H. The first-order valence-electron chi connectivity index (χ1n) is 5.50. The van der Waals surface area contributed by atoms with Crippen LogP contribution in [0.2, 0.25) is 0 Å². The summed E-state index contributed by atoms with van der Waals surface area (Å²) in [6, 6.07) is 10.9. The SMILES string of the molecule is O=C1c2ccccc2-n2nnc(-c3ccco3)c21. The van der Waals surface area contributed by atoms with E-state index >= 15 is 0 Å². The molecule has 5 heteroatoms. The lowest BCUT2D eigenvalue weighted by molar-refractivity contribution is 0.104. The molecule has 1 aliphatic rings. The van der Waals surface area contributed by atoms with Gasteiger partial charge in [-0.1, -0.05) is 17.3 Å². The molecule has 0 spiro atoms. The molecule has 0 bridgehead atoms. The number of ketones is 1. The van der Waals surface area contributed by atoms with Gasteiger partial charge in [-0.05, 0) is 24.3 Å². The summed E-state index contributed by atoms with van der Waals surface area (Å²) in [7, 11) is 0. The van der Waals surface area contributed by atoms with Crippen molar-refractivity contribution in [3.05, 3.63) is 53.9 Å². The Kier molecular flexibility index (Phi) is 1.64. The maximum atomic E-state index is 12.3. The zero-order chi connectivity index (χ0) is 12.1. The molecule has 0 atom stereocenters. The molecule has 18 heavy (non-hydrogen) atoms. The molecule has 5 nitrogen and oxygen atoms in total. The zero-order valence-corrected chi connectivity index (χ0v) is 9.20. The molecule has 0 N–H and O–H groups in total. The molecular weight excluding hydrogens is 230 g/mol. The Morgan fingerprint density at radius 1 is 1.11 bits per heavy atom. The highest BCUT2D eigenvalue weighted by Crippen LogP contribution is 2.32. The Hall–Kier alpha value is -2.69. The summed E-state index contributed by atoms with van der Waals surface area (Å²) in [5.74, 6) is 0.486. The van der Waals surface area contributed by atoms with E-state index in [9.17, 15) is 4.79 Å². The first-order chi connectivity index (χ1) is 8.86. The number of nitrogens with zero attached hydrogens (tertiary/aromatic N) is 3. The van der Waals surface area contributed by atoms with Gasteiger partial charge >= 0.3 is 0 Å². The topological polar surface area (TPSA) is 60.9 Å². The number of carbonyl (C=O) groups excluding carboxylic acids is 1. The van der Waals surface area contributed by atoms with Crippen molar-refractivity contribution in [1.29, 1.82) is 0 Å². The lowest BCUT2D eigenvalue weighted by Crippen LogP contribution is -1.98. The average molecular weight is 237 g/mol. The van der Waals surface area contributed by atoms with E-state index in [0.717, 1.165) is 5.69 Å². The third-order valence-electron chi connectivity index (χ3n) is 3.02. The molecule has 0 saturated carbocycles. The molecule has 4 rings (SSSR count). The first kappa shape index (κ1) is 9.35. The monoisotopic (exact) mass is 237 g/mol. The fourth-order valence-electron chi connectivity index (χ4n) is 2.21. The Morgan fingerprint density at radius 2 is 2.00 bits per heavy atom. The molecule has 86 valence electrons. The van der Waals surface area contributed by atoms with Gasteiger partial charge in [-0.2, -0.15) is 0 Å². The molecule has 0 amide bonds. The second kappa shape index (κ2) is 3.16. The van der Waals surface area contributed by atoms with Gasteiger partial charge in [0.05, 0.1) is 17.5 Å². The minimum absolute atomic E-state index is 0.0676. The molecule has 0 aliphatic carbocycles. The predicted octanol–water partition coefficient (Wildman–Crippen LogP) is 2.07. The van der Waals surface area contributed by atoms with Gasteiger partial charge in [0.2, 0.25) is 5.78 Å². The second-order valence-corrected chi connectivity index (χ2v) is 4.02. The summed E-state index contributed by atoms with van der Waals surface area (Å²) in [6.07, 6.45) is 1.55. The van der Waals surface area contributed by atoms with Crippen LogP contribution < -0.4 is 0 Å². The van der Waals surface area contributed by atoms with E-state index in [1.807, 2.05) is 18.2 Å².